The van der Waals surface area contributed by atoms with Crippen molar-refractivity contribution in [3.8, 4) is 11.8 Å². The smallest absolute Gasteiger partial charge is 0.366 e. The summed E-state index contributed by atoms with van der Waals surface area (Å²) in [6.45, 7) is 29.4. The van der Waals surface area contributed by atoms with E-state index in [0.717, 1.165) is 54.2 Å². The fourth-order valence-corrected chi connectivity index (χ4v) is 18.8. The zero-order chi connectivity index (χ0) is 41.1. The van der Waals surface area contributed by atoms with E-state index in [1.165, 1.54) is 0 Å². The van der Waals surface area contributed by atoms with Crippen LogP contribution in [0.5, 0.6) is 0 Å². The summed E-state index contributed by atoms with van der Waals surface area (Å²) in [5.74, 6) is 5.13. The first-order valence-electron chi connectivity index (χ1n) is 19.8. The van der Waals surface area contributed by atoms with Crippen LogP contribution in [0.4, 0.5) is 0 Å². The Kier molecular flexibility index (Phi) is 17.1. The van der Waals surface area contributed by atoms with E-state index in [9.17, 15) is 0 Å². The van der Waals surface area contributed by atoms with Crippen LogP contribution in [0.1, 0.15) is 94.2 Å². The minimum Gasteiger partial charge on any atom is -0.366 e. The number of hydrogen-bond donors (Lipinski definition) is 0. The Morgan fingerprint density at radius 3 is 0.759 bits per heavy atom. The monoisotopic (exact) mass is 1160 g/mol. The molecule has 7 rings (SSSR count). The van der Waals surface area contributed by atoms with Gasteiger partial charge in [0.15, 0.2) is 0 Å². The zero-order valence-corrected chi connectivity index (χ0v) is 42.6. The van der Waals surface area contributed by atoms with Crippen molar-refractivity contribution in [3.63, 3.8) is 0 Å². The van der Waals surface area contributed by atoms with Gasteiger partial charge in [-0.05, 0) is 129 Å². The molecule has 0 heterocycles. The van der Waals surface area contributed by atoms with Crippen molar-refractivity contribution in [1.29, 1.82) is 0 Å². The Hall–Kier alpha value is -2.96. The molecule has 306 valence electrons. The molecule has 0 amide bonds. The molecule has 0 N–H and O–H groups in total. The molecule has 0 aliphatic carbocycles. The van der Waals surface area contributed by atoms with Crippen LogP contribution in [0.2, 0.25) is 0 Å². The van der Waals surface area contributed by atoms with Crippen LogP contribution in [0.15, 0.2) is 133 Å². The van der Waals surface area contributed by atoms with Gasteiger partial charge in [-0.3, -0.25) is 11.8 Å². The minimum absolute atomic E-state index is 0. The standard InChI is InChI=1S/C22H40P2.2C16H9.2Au/c1-19(2,3)23(20(4,5)6)17-15-13-14-16-18(17)24(21(7,8)9)22(10,11)12;2*1-2-14-15-9-5-3-7-12(15)11-13-8-4-6-10-16(13)14;;/h13-16H,1-12H3;2*3-11H;;/q;2*-1;2*+1/p+2. The van der Waals surface area contributed by atoms with Crippen LogP contribution in [-0.4, -0.2) is 20.6 Å². The van der Waals surface area contributed by atoms with Gasteiger partial charge in [0.05, 0.1) is 20.6 Å². The third-order valence-electron chi connectivity index (χ3n) is 10.3. The quantitative estimate of drug-likeness (QED) is 0.0532. The molecule has 0 aliphatic heterocycles. The Morgan fingerprint density at radius 2 is 0.552 bits per heavy atom. The summed E-state index contributed by atoms with van der Waals surface area (Å²) in [5.41, 5.74) is 1.77. The van der Waals surface area contributed by atoms with Crippen LogP contribution >= 0.6 is 15.8 Å². The maximum atomic E-state index is 7.46. The van der Waals surface area contributed by atoms with Crippen LogP contribution in [-0.2, 0) is 44.8 Å². The van der Waals surface area contributed by atoms with Crippen molar-refractivity contribution in [1.82, 2.24) is 0 Å². The summed E-state index contributed by atoms with van der Waals surface area (Å²) in [6, 6.07) is 46.3. The maximum Gasteiger partial charge on any atom is 1.00 e. The Labute approximate surface area is 384 Å². The molecular weight excluding hydrogens is 1100 g/mol. The minimum atomic E-state index is -0.721. The van der Waals surface area contributed by atoms with Crippen LogP contribution in [0.3, 0.4) is 0 Å². The summed E-state index contributed by atoms with van der Waals surface area (Å²) in [5, 5.41) is 13.8. The SMILES string of the molecule is CC(C)(C)[PH+](c1ccccc1[PH+](C(C)(C)C)C(C)(C)C)C(C)(C)C.[Au+].[Au+].[C-]#Cc1c2ccccc2cc2ccccc12.[C-]#Cc1c2ccccc2cc2ccccc12. The van der Waals surface area contributed by atoms with Gasteiger partial charge < -0.3 is 12.8 Å². The third kappa shape index (κ3) is 11.4. The van der Waals surface area contributed by atoms with E-state index in [2.05, 4.69) is 156 Å². The molecular formula is C54H60Au2P2+2. The molecule has 58 heavy (non-hydrogen) atoms. The van der Waals surface area contributed by atoms with Gasteiger partial charge in [-0.2, -0.15) is 0 Å². The largest absolute Gasteiger partial charge is 1.00 e. The second-order valence-corrected chi connectivity index (χ2v) is 27.5. The molecule has 0 aromatic heterocycles. The molecule has 0 atom stereocenters. The molecule has 7 aromatic rings. The maximum absolute atomic E-state index is 7.46. The molecule has 0 saturated carbocycles. The van der Waals surface area contributed by atoms with Crippen LogP contribution < -0.4 is 10.6 Å². The summed E-state index contributed by atoms with van der Waals surface area (Å²) >= 11 is 0. The molecule has 0 radical (unpaired) electrons. The predicted octanol–water partition coefficient (Wildman–Crippen LogP) is 14.4. The average Bonchev–Trinajstić information content (AvgIpc) is 3.12. The number of fused-ring (bicyclic) bond motifs is 4. The van der Waals surface area contributed by atoms with Gasteiger partial charge in [-0.15, -0.1) is 11.1 Å². The zero-order valence-electron chi connectivity index (χ0n) is 36.3. The summed E-state index contributed by atoms with van der Waals surface area (Å²) in [4.78, 5) is 0. The van der Waals surface area contributed by atoms with E-state index >= 15 is 0 Å². The average molecular weight is 1160 g/mol. The van der Waals surface area contributed by atoms with E-state index in [1.807, 2.05) is 72.8 Å². The van der Waals surface area contributed by atoms with E-state index in [4.69, 9.17) is 12.8 Å². The van der Waals surface area contributed by atoms with Gasteiger partial charge in [0, 0.05) is 15.8 Å². The normalized spacial score (nSPS) is 11.8. The van der Waals surface area contributed by atoms with Crippen molar-refractivity contribution in [2.75, 3.05) is 0 Å². The Bertz CT molecular complexity index is 2240. The second kappa shape index (κ2) is 20.1. The fourth-order valence-electron chi connectivity index (χ4n) is 9.08. The molecule has 0 unspecified atom stereocenters. The predicted molar refractivity (Wildman–Crippen MR) is 257 cm³/mol. The molecule has 0 saturated heterocycles. The van der Waals surface area contributed by atoms with Gasteiger partial charge in [0.25, 0.3) is 0 Å². The summed E-state index contributed by atoms with van der Waals surface area (Å²) < 4.78 is 0. The van der Waals surface area contributed by atoms with E-state index < -0.39 is 15.8 Å². The number of benzene rings is 7. The van der Waals surface area contributed by atoms with Gasteiger partial charge >= 0.3 is 44.8 Å². The first-order valence-corrected chi connectivity index (χ1v) is 22.8. The van der Waals surface area contributed by atoms with E-state index in [-0.39, 0.29) is 44.8 Å². The molecule has 0 fully saturated rings. The molecule has 0 bridgehead atoms. The Morgan fingerprint density at radius 1 is 0.345 bits per heavy atom. The first-order chi connectivity index (χ1) is 26.3. The van der Waals surface area contributed by atoms with E-state index in [0.29, 0.717) is 20.6 Å². The van der Waals surface area contributed by atoms with E-state index in [1.54, 1.807) is 10.6 Å². The fraction of sp³-hybridized carbons (Fsp3) is 0.296. The van der Waals surface area contributed by atoms with Crippen LogP contribution in [0, 0.1) is 24.7 Å². The van der Waals surface area contributed by atoms with Gasteiger partial charge in [0.1, 0.15) is 10.6 Å². The van der Waals surface area contributed by atoms with Crippen molar-refractivity contribution >= 4 is 69.5 Å². The molecule has 0 aliphatic rings. The molecule has 4 heteroatoms. The van der Waals surface area contributed by atoms with Gasteiger partial charge in [-0.25, -0.2) is 0 Å². The second-order valence-electron chi connectivity index (χ2n) is 18.9. The molecule has 0 nitrogen and oxygen atoms in total. The summed E-state index contributed by atoms with van der Waals surface area (Å²) in [7, 11) is -1.44. The van der Waals surface area contributed by atoms with Gasteiger partial charge in [0.2, 0.25) is 0 Å². The van der Waals surface area contributed by atoms with Crippen molar-refractivity contribution in [2.45, 2.75) is 104 Å². The molecule has 0 spiro atoms. The molecule has 7 aromatic carbocycles. The number of hydrogen-bond acceptors (Lipinski definition) is 0. The first kappa shape index (κ1) is 49.4. The van der Waals surface area contributed by atoms with Crippen molar-refractivity contribution in [3.05, 3.63) is 157 Å². The third-order valence-corrected chi connectivity index (χ3v) is 18.5. The van der Waals surface area contributed by atoms with Crippen molar-refractivity contribution < 1.29 is 44.8 Å². The Balaban J connectivity index is 0.000000234. The van der Waals surface area contributed by atoms with Gasteiger partial charge in [-0.1, -0.05) is 131 Å². The van der Waals surface area contributed by atoms with Crippen molar-refractivity contribution in [2.24, 2.45) is 0 Å². The topological polar surface area (TPSA) is 0 Å². The number of rotatable bonds is 2. The van der Waals surface area contributed by atoms with Crippen LogP contribution in [0.25, 0.3) is 43.1 Å². The summed E-state index contributed by atoms with van der Waals surface area (Å²) in [6.07, 6.45) is 14.9.